The van der Waals surface area contributed by atoms with Crippen LogP contribution in [0.1, 0.15) is 54.4 Å². The number of hydrogen-bond donors (Lipinski definition) is 1. The summed E-state index contributed by atoms with van der Waals surface area (Å²) in [6.07, 6.45) is 5.82. The number of nitrogens with two attached hydrogens (primary N) is 1. The highest BCUT2D eigenvalue weighted by Crippen LogP contribution is 2.38. The van der Waals surface area contributed by atoms with Gasteiger partial charge < -0.3 is 19.9 Å². The first kappa shape index (κ1) is 20.5. The molecule has 0 unspecified atom stereocenters. The van der Waals surface area contributed by atoms with Crippen molar-refractivity contribution in [3.8, 4) is 16.9 Å². The molecule has 0 radical (unpaired) electrons. The number of para-hydroxylation sites is 1. The second-order valence-corrected chi connectivity index (χ2v) is 7.65. The summed E-state index contributed by atoms with van der Waals surface area (Å²) in [5, 5.41) is 0. The molecule has 0 aliphatic carbocycles. The SMILES string of the molecule is CCCc1c(-c2ccccc2OC)c(C(N)=O)c(C)n1CCN1CCCCC1. The molecule has 2 N–H and O–H groups in total. The molecule has 5 nitrogen and oxygen atoms in total. The number of nitrogens with zero attached hydrogens (tertiary/aromatic N) is 2. The van der Waals surface area contributed by atoms with Crippen LogP contribution in [0, 0.1) is 6.92 Å². The molecule has 2 heterocycles. The van der Waals surface area contributed by atoms with Gasteiger partial charge in [0.25, 0.3) is 5.91 Å². The molecule has 5 heteroatoms. The molecule has 1 amide bonds. The molecule has 0 atom stereocenters. The number of hydrogen-bond acceptors (Lipinski definition) is 3. The van der Waals surface area contributed by atoms with E-state index in [4.69, 9.17) is 10.5 Å². The van der Waals surface area contributed by atoms with E-state index in [1.54, 1.807) is 7.11 Å². The van der Waals surface area contributed by atoms with Gasteiger partial charge in [0.05, 0.1) is 12.7 Å². The minimum absolute atomic E-state index is 0.368. The van der Waals surface area contributed by atoms with Crippen molar-refractivity contribution in [2.24, 2.45) is 5.73 Å². The lowest BCUT2D eigenvalue weighted by Crippen LogP contribution is -2.33. The average Bonchev–Trinajstić information content (AvgIpc) is 2.99. The Kier molecular flexibility index (Phi) is 6.79. The summed E-state index contributed by atoms with van der Waals surface area (Å²) < 4.78 is 7.92. The highest BCUT2D eigenvalue weighted by molar-refractivity contribution is 6.03. The molecule has 1 aromatic heterocycles. The van der Waals surface area contributed by atoms with Crippen molar-refractivity contribution in [2.45, 2.75) is 52.5 Å². The first-order valence-electron chi connectivity index (χ1n) is 10.5. The Morgan fingerprint density at radius 1 is 1.14 bits per heavy atom. The summed E-state index contributed by atoms with van der Waals surface area (Å²) in [4.78, 5) is 15.0. The fourth-order valence-electron chi connectivity index (χ4n) is 4.46. The topological polar surface area (TPSA) is 60.5 Å². The van der Waals surface area contributed by atoms with Crippen LogP contribution in [-0.2, 0) is 13.0 Å². The van der Waals surface area contributed by atoms with Crippen molar-refractivity contribution >= 4 is 5.91 Å². The van der Waals surface area contributed by atoms with Gasteiger partial charge in [0.15, 0.2) is 0 Å². The van der Waals surface area contributed by atoms with Crippen molar-refractivity contribution in [3.05, 3.63) is 41.2 Å². The van der Waals surface area contributed by atoms with Crippen LogP contribution in [0.2, 0.25) is 0 Å². The third-order valence-electron chi connectivity index (χ3n) is 5.83. The number of ether oxygens (including phenoxy) is 1. The highest BCUT2D eigenvalue weighted by Gasteiger charge is 2.26. The highest BCUT2D eigenvalue weighted by atomic mass is 16.5. The molecule has 0 bridgehead atoms. The summed E-state index contributed by atoms with van der Waals surface area (Å²) in [5.74, 6) is 0.406. The van der Waals surface area contributed by atoms with E-state index in [0.29, 0.717) is 5.56 Å². The molecule has 3 rings (SSSR count). The molecule has 1 aliphatic rings. The molecule has 152 valence electrons. The number of primary amides is 1. The van der Waals surface area contributed by atoms with E-state index in [9.17, 15) is 4.79 Å². The van der Waals surface area contributed by atoms with Crippen molar-refractivity contribution < 1.29 is 9.53 Å². The zero-order chi connectivity index (χ0) is 20.1. The number of carbonyl (C=O) groups excluding carboxylic acids is 1. The van der Waals surface area contributed by atoms with E-state index in [0.717, 1.165) is 48.5 Å². The minimum Gasteiger partial charge on any atom is -0.496 e. The third kappa shape index (κ3) is 4.09. The third-order valence-corrected chi connectivity index (χ3v) is 5.83. The van der Waals surface area contributed by atoms with Crippen molar-refractivity contribution in [3.63, 3.8) is 0 Å². The van der Waals surface area contributed by atoms with Crippen molar-refractivity contribution in [1.29, 1.82) is 0 Å². The van der Waals surface area contributed by atoms with Gasteiger partial charge in [-0.3, -0.25) is 4.79 Å². The number of likely N-dealkylation sites (tertiary alicyclic amines) is 1. The molecule has 2 aromatic rings. The normalized spacial score (nSPS) is 15.0. The Hall–Kier alpha value is -2.27. The summed E-state index contributed by atoms with van der Waals surface area (Å²) in [5.41, 5.74) is 10.5. The van der Waals surface area contributed by atoms with Crippen LogP contribution in [0.3, 0.4) is 0 Å². The van der Waals surface area contributed by atoms with Gasteiger partial charge in [0, 0.05) is 35.6 Å². The van der Waals surface area contributed by atoms with Crippen LogP contribution in [0.25, 0.3) is 11.1 Å². The molecule has 1 fully saturated rings. The van der Waals surface area contributed by atoms with Gasteiger partial charge in [-0.25, -0.2) is 0 Å². The molecule has 1 aliphatic heterocycles. The molecule has 0 saturated carbocycles. The maximum atomic E-state index is 12.4. The number of rotatable bonds is 8. The van der Waals surface area contributed by atoms with Crippen LogP contribution < -0.4 is 10.5 Å². The van der Waals surface area contributed by atoms with Crippen molar-refractivity contribution in [1.82, 2.24) is 9.47 Å². The quantitative estimate of drug-likeness (QED) is 0.749. The number of carbonyl (C=O) groups is 1. The van der Waals surface area contributed by atoms with Gasteiger partial charge in [0.2, 0.25) is 0 Å². The molecule has 28 heavy (non-hydrogen) atoms. The fourth-order valence-corrected chi connectivity index (χ4v) is 4.46. The summed E-state index contributed by atoms with van der Waals surface area (Å²) in [7, 11) is 1.67. The number of benzene rings is 1. The van der Waals surface area contributed by atoms with Crippen LogP contribution in [0.4, 0.5) is 0 Å². The Bertz CT molecular complexity index is 819. The summed E-state index contributed by atoms with van der Waals surface area (Å²) in [6.45, 7) is 8.44. The van der Waals surface area contributed by atoms with Gasteiger partial charge >= 0.3 is 0 Å². The van der Waals surface area contributed by atoms with Gasteiger partial charge in [-0.1, -0.05) is 38.0 Å². The Morgan fingerprint density at radius 3 is 2.50 bits per heavy atom. The summed E-state index contributed by atoms with van der Waals surface area (Å²) in [6, 6.07) is 7.90. The predicted molar refractivity (Wildman–Crippen MR) is 114 cm³/mol. The lowest BCUT2D eigenvalue weighted by Gasteiger charge is -2.27. The zero-order valence-electron chi connectivity index (χ0n) is 17.5. The second-order valence-electron chi connectivity index (χ2n) is 7.65. The smallest absolute Gasteiger partial charge is 0.251 e. The largest absolute Gasteiger partial charge is 0.496 e. The number of methoxy groups -OCH3 is 1. The lowest BCUT2D eigenvalue weighted by atomic mass is 9.97. The monoisotopic (exact) mass is 383 g/mol. The molecule has 1 aromatic carbocycles. The van der Waals surface area contributed by atoms with Crippen LogP contribution in [0.5, 0.6) is 5.75 Å². The predicted octanol–water partition coefficient (Wildman–Crippen LogP) is 4.01. The van der Waals surface area contributed by atoms with Gasteiger partial charge in [0.1, 0.15) is 5.75 Å². The van der Waals surface area contributed by atoms with Crippen LogP contribution >= 0.6 is 0 Å². The van der Waals surface area contributed by atoms with E-state index in [2.05, 4.69) is 16.4 Å². The van der Waals surface area contributed by atoms with Crippen LogP contribution in [-0.4, -0.2) is 42.1 Å². The van der Waals surface area contributed by atoms with E-state index in [-0.39, 0.29) is 5.91 Å². The summed E-state index contributed by atoms with van der Waals surface area (Å²) >= 11 is 0. The van der Waals surface area contributed by atoms with Gasteiger partial charge in [-0.15, -0.1) is 0 Å². The minimum atomic E-state index is -0.368. The van der Waals surface area contributed by atoms with Gasteiger partial charge in [-0.05, 0) is 45.3 Å². The average molecular weight is 384 g/mol. The maximum Gasteiger partial charge on any atom is 0.251 e. The standard InChI is InChI=1S/C23H33N3O2/c1-4-10-19-22(18-11-6-7-12-20(18)28-3)21(23(24)27)17(2)26(19)16-15-25-13-8-5-9-14-25/h6-7,11-12H,4-5,8-10,13-16H2,1-3H3,(H2,24,27). The second kappa shape index (κ2) is 9.28. The van der Waals surface area contributed by atoms with E-state index in [1.807, 2.05) is 31.2 Å². The number of amides is 1. The molecular formula is C23H33N3O2. The maximum absolute atomic E-state index is 12.4. The zero-order valence-corrected chi connectivity index (χ0v) is 17.5. The Morgan fingerprint density at radius 2 is 1.86 bits per heavy atom. The van der Waals surface area contributed by atoms with Crippen molar-refractivity contribution in [2.75, 3.05) is 26.7 Å². The Balaban J connectivity index is 2.08. The molecular weight excluding hydrogens is 350 g/mol. The van der Waals surface area contributed by atoms with E-state index < -0.39 is 0 Å². The number of aromatic nitrogens is 1. The first-order valence-corrected chi connectivity index (χ1v) is 10.5. The van der Waals surface area contributed by atoms with Gasteiger partial charge in [-0.2, -0.15) is 0 Å². The first-order chi connectivity index (χ1) is 13.6. The van der Waals surface area contributed by atoms with E-state index >= 15 is 0 Å². The fraction of sp³-hybridized carbons (Fsp3) is 0.522. The lowest BCUT2D eigenvalue weighted by molar-refractivity contribution is 0.1000. The molecule has 1 saturated heterocycles. The molecule has 0 spiro atoms. The Labute approximate surface area is 168 Å². The number of piperidine rings is 1. The van der Waals surface area contributed by atoms with Crippen LogP contribution in [0.15, 0.2) is 24.3 Å². The van der Waals surface area contributed by atoms with E-state index in [1.165, 1.54) is 38.0 Å².